The highest BCUT2D eigenvalue weighted by Gasteiger charge is 2.19. The van der Waals surface area contributed by atoms with Gasteiger partial charge in [0.25, 0.3) is 0 Å². The summed E-state index contributed by atoms with van der Waals surface area (Å²) in [6.07, 6.45) is 5.03. The van der Waals surface area contributed by atoms with Crippen LogP contribution in [0.1, 0.15) is 18.4 Å². The Labute approximate surface area is 123 Å². The van der Waals surface area contributed by atoms with Gasteiger partial charge in [0.2, 0.25) is 0 Å². The van der Waals surface area contributed by atoms with E-state index >= 15 is 0 Å². The molecule has 1 aliphatic rings. The van der Waals surface area contributed by atoms with Crippen LogP contribution >= 0.6 is 11.6 Å². The molecule has 2 rings (SSSR count). The minimum absolute atomic E-state index is 0.232. The number of likely N-dealkylation sites (N-methyl/N-ethyl adjacent to an activating group) is 1. The molecule has 20 heavy (non-hydrogen) atoms. The maximum atomic E-state index is 10.7. The van der Waals surface area contributed by atoms with E-state index in [-0.39, 0.29) is 6.10 Å². The molecule has 0 radical (unpaired) electrons. The molecule has 1 aliphatic heterocycles. The standard InChI is InChI=1S/C15H18ClNO3/c1-17(10-11-4-3-9-20-11)14-6-2-5-13(16)12(14)7-8-15(18)19/h2,5-8,11H,3-4,9-10H2,1H3,(H,18,19). The summed E-state index contributed by atoms with van der Waals surface area (Å²) < 4.78 is 5.63. The molecule has 1 aromatic carbocycles. The molecule has 0 saturated carbocycles. The summed E-state index contributed by atoms with van der Waals surface area (Å²) in [5, 5.41) is 9.30. The fraction of sp³-hybridized carbons (Fsp3) is 0.400. The molecule has 1 fully saturated rings. The van der Waals surface area contributed by atoms with Crippen molar-refractivity contribution < 1.29 is 14.6 Å². The Morgan fingerprint density at radius 3 is 3.05 bits per heavy atom. The molecule has 0 amide bonds. The number of carboxylic acids is 1. The number of anilines is 1. The summed E-state index contributed by atoms with van der Waals surface area (Å²) in [6.45, 7) is 1.59. The van der Waals surface area contributed by atoms with Crippen LogP contribution in [0, 0.1) is 0 Å². The lowest BCUT2D eigenvalue weighted by Crippen LogP contribution is -2.29. The molecular weight excluding hydrogens is 278 g/mol. The van der Waals surface area contributed by atoms with Crippen molar-refractivity contribution in [2.24, 2.45) is 0 Å². The highest BCUT2D eigenvalue weighted by molar-refractivity contribution is 6.32. The first-order valence-electron chi connectivity index (χ1n) is 6.60. The van der Waals surface area contributed by atoms with E-state index in [2.05, 4.69) is 4.90 Å². The number of benzene rings is 1. The van der Waals surface area contributed by atoms with Crippen molar-refractivity contribution in [3.05, 3.63) is 34.9 Å². The summed E-state index contributed by atoms with van der Waals surface area (Å²) in [6, 6.07) is 5.55. The molecule has 1 heterocycles. The summed E-state index contributed by atoms with van der Waals surface area (Å²) in [5.41, 5.74) is 1.63. The predicted molar refractivity (Wildman–Crippen MR) is 80.4 cm³/mol. The maximum Gasteiger partial charge on any atom is 0.328 e. The van der Waals surface area contributed by atoms with Crippen LogP contribution in [0.4, 0.5) is 5.69 Å². The van der Waals surface area contributed by atoms with Gasteiger partial charge in [0.1, 0.15) is 0 Å². The second-order valence-corrected chi connectivity index (χ2v) is 5.27. The average molecular weight is 296 g/mol. The van der Waals surface area contributed by atoms with E-state index in [0.29, 0.717) is 5.02 Å². The number of hydrogen-bond acceptors (Lipinski definition) is 3. The van der Waals surface area contributed by atoms with Crippen molar-refractivity contribution in [1.29, 1.82) is 0 Å². The van der Waals surface area contributed by atoms with Gasteiger partial charge >= 0.3 is 5.97 Å². The lowest BCUT2D eigenvalue weighted by molar-refractivity contribution is -0.131. The lowest BCUT2D eigenvalue weighted by Gasteiger charge is -2.25. The van der Waals surface area contributed by atoms with E-state index in [1.54, 1.807) is 6.07 Å². The summed E-state index contributed by atoms with van der Waals surface area (Å²) in [5.74, 6) is -0.988. The third-order valence-corrected chi connectivity index (χ3v) is 3.66. The van der Waals surface area contributed by atoms with E-state index in [1.807, 2.05) is 19.2 Å². The van der Waals surface area contributed by atoms with E-state index in [1.165, 1.54) is 6.08 Å². The summed E-state index contributed by atoms with van der Waals surface area (Å²) in [7, 11) is 1.96. The molecule has 4 nitrogen and oxygen atoms in total. The predicted octanol–water partition coefficient (Wildman–Crippen LogP) is 3.05. The molecule has 108 valence electrons. The van der Waals surface area contributed by atoms with Gasteiger partial charge in [-0.2, -0.15) is 0 Å². The number of ether oxygens (including phenoxy) is 1. The normalized spacial score (nSPS) is 18.6. The number of nitrogens with zero attached hydrogens (tertiary/aromatic N) is 1. The average Bonchev–Trinajstić information content (AvgIpc) is 2.89. The number of carbonyl (C=O) groups is 1. The Morgan fingerprint density at radius 2 is 2.40 bits per heavy atom. The Bertz CT molecular complexity index is 510. The Balaban J connectivity index is 2.20. The van der Waals surface area contributed by atoms with Gasteiger partial charge < -0.3 is 14.7 Å². The van der Waals surface area contributed by atoms with Crippen molar-refractivity contribution in [3.8, 4) is 0 Å². The number of rotatable bonds is 5. The summed E-state index contributed by atoms with van der Waals surface area (Å²) in [4.78, 5) is 12.7. The van der Waals surface area contributed by atoms with Gasteiger partial charge in [0.15, 0.2) is 0 Å². The number of aliphatic carboxylic acids is 1. The number of halogens is 1. The second-order valence-electron chi connectivity index (χ2n) is 4.86. The van der Waals surface area contributed by atoms with Crippen molar-refractivity contribution in [1.82, 2.24) is 0 Å². The van der Waals surface area contributed by atoms with Crippen LogP contribution in [0.25, 0.3) is 6.08 Å². The highest BCUT2D eigenvalue weighted by Crippen LogP contribution is 2.29. The topological polar surface area (TPSA) is 49.8 Å². The van der Waals surface area contributed by atoms with E-state index < -0.39 is 5.97 Å². The smallest absolute Gasteiger partial charge is 0.328 e. The number of hydrogen-bond donors (Lipinski definition) is 1. The van der Waals surface area contributed by atoms with Gasteiger partial charge in [0.05, 0.1) is 6.10 Å². The molecule has 1 unspecified atom stereocenters. The fourth-order valence-corrected chi connectivity index (χ4v) is 2.60. The highest BCUT2D eigenvalue weighted by atomic mass is 35.5. The quantitative estimate of drug-likeness (QED) is 0.848. The zero-order valence-electron chi connectivity index (χ0n) is 11.4. The molecule has 0 aromatic heterocycles. The third-order valence-electron chi connectivity index (χ3n) is 3.34. The minimum Gasteiger partial charge on any atom is -0.478 e. The van der Waals surface area contributed by atoms with Crippen LogP contribution in [0.5, 0.6) is 0 Å². The zero-order valence-corrected chi connectivity index (χ0v) is 12.1. The summed E-state index contributed by atoms with van der Waals surface area (Å²) >= 11 is 6.17. The van der Waals surface area contributed by atoms with Gasteiger partial charge in [-0.3, -0.25) is 0 Å². The molecule has 0 aliphatic carbocycles. The van der Waals surface area contributed by atoms with Crippen LogP contribution in [0.3, 0.4) is 0 Å². The molecule has 1 aromatic rings. The van der Waals surface area contributed by atoms with Crippen LogP contribution in [0.15, 0.2) is 24.3 Å². The molecular formula is C15H18ClNO3. The SMILES string of the molecule is CN(CC1CCCO1)c1cccc(Cl)c1C=CC(=O)O. The Kier molecular flexibility index (Phi) is 5.04. The third kappa shape index (κ3) is 3.74. The Morgan fingerprint density at radius 1 is 1.60 bits per heavy atom. The van der Waals surface area contributed by atoms with Gasteiger partial charge in [0, 0.05) is 42.5 Å². The minimum atomic E-state index is -0.988. The van der Waals surface area contributed by atoms with E-state index in [9.17, 15) is 4.79 Å². The first-order chi connectivity index (χ1) is 9.58. The van der Waals surface area contributed by atoms with Crippen molar-refractivity contribution in [3.63, 3.8) is 0 Å². The lowest BCUT2D eigenvalue weighted by atomic mass is 10.1. The molecule has 5 heteroatoms. The van der Waals surface area contributed by atoms with Crippen molar-refractivity contribution >= 4 is 29.3 Å². The van der Waals surface area contributed by atoms with Gasteiger partial charge in [-0.05, 0) is 31.1 Å². The van der Waals surface area contributed by atoms with Crippen LogP contribution in [-0.4, -0.2) is 37.4 Å². The molecule has 1 atom stereocenters. The first-order valence-corrected chi connectivity index (χ1v) is 6.98. The largest absolute Gasteiger partial charge is 0.478 e. The second kappa shape index (κ2) is 6.77. The fourth-order valence-electron chi connectivity index (χ4n) is 2.37. The zero-order chi connectivity index (χ0) is 14.5. The van der Waals surface area contributed by atoms with Crippen LogP contribution in [0.2, 0.25) is 5.02 Å². The van der Waals surface area contributed by atoms with Gasteiger partial charge in [-0.25, -0.2) is 4.79 Å². The van der Waals surface area contributed by atoms with Crippen LogP contribution in [-0.2, 0) is 9.53 Å². The molecule has 0 bridgehead atoms. The number of carboxylic acid groups (broad SMARTS) is 1. The molecule has 1 saturated heterocycles. The van der Waals surface area contributed by atoms with Gasteiger partial charge in [-0.15, -0.1) is 0 Å². The van der Waals surface area contributed by atoms with E-state index in [0.717, 1.165) is 43.3 Å². The van der Waals surface area contributed by atoms with E-state index in [4.69, 9.17) is 21.4 Å². The Hall–Kier alpha value is -1.52. The monoisotopic (exact) mass is 295 g/mol. The molecule has 0 spiro atoms. The maximum absolute atomic E-state index is 10.7. The first kappa shape index (κ1) is 14.9. The molecule has 1 N–H and O–H groups in total. The van der Waals surface area contributed by atoms with Crippen molar-refractivity contribution in [2.75, 3.05) is 25.1 Å². The van der Waals surface area contributed by atoms with Crippen molar-refractivity contribution in [2.45, 2.75) is 18.9 Å². The van der Waals surface area contributed by atoms with Gasteiger partial charge in [-0.1, -0.05) is 17.7 Å². The van der Waals surface area contributed by atoms with Crippen LogP contribution < -0.4 is 4.90 Å².